The van der Waals surface area contributed by atoms with Gasteiger partial charge in [0.1, 0.15) is 5.75 Å². The van der Waals surface area contributed by atoms with Crippen molar-refractivity contribution in [1.29, 1.82) is 0 Å². The Kier molecular flexibility index (Phi) is 4.19. The molecule has 106 valence electrons. The van der Waals surface area contributed by atoms with Gasteiger partial charge >= 0.3 is 0 Å². The van der Waals surface area contributed by atoms with E-state index in [4.69, 9.17) is 0 Å². The van der Waals surface area contributed by atoms with Crippen LogP contribution in [0.25, 0.3) is 0 Å². The van der Waals surface area contributed by atoms with Crippen LogP contribution in [0.15, 0.2) is 18.2 Å². The van der Waals surface area contributed by atoms with E-state index in [2.05, 4.69) is 38.8 Å². The molecular formula is C17H27NO. The van der Waals surface area contributed by atoms with Gasteiger partial charge in [0.15, 0.2) is 0 Å². The van der Waals surface area contributed by atoms with Crippen LogP contribution in [0.2, 0.25) is 0 Å². The second kappa shape index (κ2) is 5.54. The number of hydrogen-bond acceptors (Lipinski definition) is 2. The quantitative estimate of drug-likeness (QED) is 0.896. The van der Waals surface area contributed by atoms with E-state index in [0.29, 0.717) is 11.8 Å². The second-order valence-electron chi connectivity index (χ2n) is 6.11. The van der Waals surface area contributed by atoms with Gasteiger partial charge in [0.25, 0.3) is 0 Å². The number of aromatic hydroxyl groups is 1. The highest BCUT2D eigenvalue weighted by atomic mass is 16.3. The van der Waals surface area contributed by atoms with Crippen molar-refractivity contribution in [3.05, 3.63) is 29.3 Å². The van der Waals surface area contributed by atoms with Crippen LogP contribution in [-0.2, 0) is 11.8 Å². The Labute approximate surface area is 117 Å². The highest BCUT2D eigenvalue weighted by Crippen LogP contribution is 2.43. The lowest BCUT2D eigenvalue weighted by molar-refractivity contribution is 0.125. The molecule has 2 rings (SSSR count). The Morgan fingerprint density at radius 1 is 1.37 bits per heavy atom. The summed E-state index contributed by atoms with van der Waals surface area (Å²) in [7, 11) is 2.22. The number of phenolic OH excluding ortho intramolecular Hbond substituents is 1. The number of aryl methyl sites for hydroxylation is 1. The zero-order valence-electron chi connectivity index (χ0n) is 12.7. The molecule has 2 heteroatoms. The minimum atomic E-state index is 0.246. The van der Waals surface area contributed by atoms with Crippen molar-refractivity contribution in [2.24, 2.45) is 0 Å². The predicted molar refractivity (Wildman–Crippen MR) is 80.8 cm³/mol. The Morgan fingerprint density at radius 3 is 2.68 bits per heavy atom. The first kappa shape index (κ1) is 14.4. The molecule has 1 aliphatic heterocycles. The van der Waals surface area contributed by atoms with Crippen LogP contribution in [0, 0.1) is 0 Å². The van der Waals surface area contributed by atoms with Crippen LogP contribution < -0.4 is 0 Å². The standard InChI is InChI=1S/C17H27NO/c1-5-14-7-8-15(19)11-16(14)17(6-2)9-10-18(4)13(3)12-17/h7-8,11,13,19H,5-6,9-10,12H2,1-4H3/t13?,17-/m1/s1. The van der Waals surface area contributed by atoms with Crippen LogP contribution in [0.3, 0.4) is 0 Å². The second-order valence-corrected chi connectivity index (χ2v) is 6.11. The average Bonchev–Trinajstić information content (AvgIpc) is 2.42. The van der Waals surface area contributed by atoms with E-state index in [9.17, 15) is 5.11 Å². The molecule has 1 fully saturated rings. The van der Waals surface area contributed by atoms with Gasteiger partial charge in [-0.05, 0) is 74.9 Å². The first-order valence-electron chi connectivity index (χ1n) is 7.55. The fourth-order valence-electron chi connectivity index (χ4n) is 3.56. The highest BCUT2D eigenvalue weighted by molar-refractivity contribution is 5.40. The molecule has 0 aromatic heterocycles. The van der Waals surface area contributed by atoms with Gasteiger partial charge in [0, 0.05) is 6.04 Å². The Bertz CT molecular complexity index is 443. The van der Waals surface area contributed by atoms with Crippen LogP contribution in [0.1, 0.15) is 51.2 Å². The summed E-state index contributed by atoms with van der Waals surface area (Å²) in [5, 5.41) is 9.88. The molecule has 1 saturated heterocycles. The third kappa shape index (κ3) is 2.64. The zero-order chi connectivity index (χ0) is 14.0. The molecule has 1 N–H and O–H groups in total. The third-order valence-electron chi connectivity index (χ3n) is 5.10. The molecule has 0 spiro atoms. The topological polar surface area (TPSA) is 23.5 Å². The number of phenols is 1. The third-order valence-corrected chi connectivity index (χ3v) is 5.10. The van der Waals surface area contributed by atoms with Gasteiger partial charge in [-0.15, -0.1) is 0 Å². The summed E-state index contributed by atoms with van der Waals surface area (Å²) in [4.78, 5) is 2.45. The molecule has 1 aromatic rings. The Hall–Kier alpha value is -1.02. The molecule has 2 nitrogen and oxygen atoms in total. The van der Waals surface area contributed by atoms with Crippen LogP contribution in [0.4, 0.5) is 0 Å². The lowest BCUT2D eigenvalue weighted by atomic mass is 9.67. The van der Waals surface area contributed by atoms with Crippen molar-refractivity contribution in [1.82, 2.24) is 4.90 Å². The molecular weight excluding hydrogens is 234 g/mol. The summed E-state index contributed by atoms with van der Waals surface area (Å²) in [6, 6.07) is 6.55. The van der Waals surface area contributed by atoms with Crippen molar-refractivity contribution in [3.63, 3.8) is 0 Å². The summed E-state index contributed by atoms with van der Waals surface area (Å²) in [6.45, 7) is 7.96. The van der Waals surface area contributed by atoms with Crippen molar-refractivity contribution >= 4 is 0 Å². The smallest absolute Gasteiger partial charge is 0.115 e. The van der Waals surface area contributed by atoms with Crippen molar-refractivity contribution in [2.75, 3.05) is 13.6 Å². The maximum Gasteiger partial charge on any atom is 0.115 e. The molecule has 0 amide bonds. The summed E-state index contributed by atoms with van der Waals surface area (Å²) in [5.41, 5.74) is 3.03. The minimum Gasteiger partial charge on any atom is -0.508 e. The van der Waals surface area contributed by atoms with Crippen LogP contribution >= 0.6 is 0 Å². The first-order valence-corrected chi connectivity index (χ1v) is 7.55. The summed E-state index contributed by atoms with van der Waals surface area (Å²) < 4.78 is 0. The number of hydrogen-bond donors (Lipinski definition) is 1. The van der Waals surface area contributed by atoms with Gasteiger partial charge in [-0.2, -0.15) is 0 Å². The summed E-state index contributed by atoms with van der Waals surface area (Å²) >= 11 is 0. The molecule has 19 heavy (non-hydrogen) atoms. The average molecular weight is 261 g/mol. The van der Waals surface area contributed by atoms with E-state index < -0.39 is 0 Å². The predicted octanol–water partition coefficient (Wildman–Crippen LogP) is 3.72. The van der Waals surface area contributed by atoms with Crippen molar-refractivity contribution in [2.45, 2.75) is 57.9 Å². The Morgan fingerprint density at radius 2 is 2.11 bits per heavy atom. The molecule has 1 unspecified atom stereocenters. The first-order chi connectivity index (χ1) is 9.02. The molecule has 0 aliphatic carbocycles. The molecule has 0 bridgehead atoms. The fraction of sp³-hybridized carbons (Fsp3) is 0.647. The van der Waals surface area contributed by atoms with Gasteiger partial charge in [-0.25, -0.2) is 0 Å². The number of likely N-dealkylation sites (tertiary alicyclic amines) is 1. The maximum absolute atomic E-state index is 9.88. The minimum absolute atomic E-state index is 0.246. The molecule has 1 heterocycles. The van der Waals surface area contributed by atoms with E-state index in [1.54, 1.807) is 0 Å². The van der Waals surface area contributed by atoms with E-state index in [1.165, 1.54) is 24.0 Å². The fourth-order valence-corrected chi connectivity index (χ4v) is 3.56. The molecule has 2 atom stereocenters. The van der Waals surface area contributed by atoms with Gasteiger partial charge in [-0.1, -0.05) is 19.9 Å². The van der Waals surface area contributed by atoms with Crippen LogP contribution in [0.5, 0.6) is 5.75 Å². The molecule has 0 radical (unpaired) electrons. The van der Waals surface area contributed by atoms with Crippen molar-refractivity contribution < 1.29 is 5.11 Å². The largest absolute Gasteiger partial charge is 0.508 e. The van der Waals surface area contributed by atoms with Gasteiger partial charge < -0.3 is 10.0 Å². The monoisotopic (exact) mass is 261 g/mol. The lowest BCUT2D eigenvalue weighted by Crippen LogP contribution is -2.46. The van der Waals surface area contributed by atoms with Crippen LogP contribution in [-0.4, -0.2) is 29.6 Å². The zero-order valence-corrected chi connectivity index (χ0v) is 12.7. The van der Waals surface area contributed by atoms with Crippen molar-refractivity contribution in [3.8, 4) is 5.75 Å². The van der Waals surface area contributed by atoms with E-state index >= 15 is 0 Å². The number of rotatable bonds is 3. The van der Waals surface area contributed by atoms with Gasteiger partial charge in [0.05, 0.1) is 0 Å². The SMILES string of the molecule is CCc1ccc(O)cc1[C@]1(CC)CCN(C)C(C)C1. The van der Waals surface area contributed by atoms with Gasteiger partial charge in [-0.3, -0.25) is 0 Å². The maximum atomic E-state index is 9.88. The van der Waals surface area contributed by atoms with Gasteiger partial charge in [0.2, 0.25) is 0 Å². The Balaban J connectivity index is 2.44. The molecule has 1 aliphatic rings. The molecule has 0 saturated carbocycles. The highest BCUT2D eigenvalue weighted by Gasteiger charge is 2.38. The normalized spacial score (nSPS) is 28.5. The number of piperidine rings is 1. The summed E-state index contributed by atoms with van der Waals surface area (Å²) in [6.07, 6.45) is 4.58. The molecule has 1 aromatic carbocycles. The lowest BCUT2D eigenvalue weighted by Gasteiger charge is -2.45. The summed E-state index contributed by atoms with van der Waals surface area (Å²) in [5.74, 6) is 0.409. The number of benzene rings is 1. The van der Waals surface area contributed by atoms with E-state index in [-0.39, 0.29) is 5.41 Å². The van der Waals surface area contributed by atoms with E-state index in [1.807, 2.05) is 12.1 Å². The van der Waals surface area contributed by atoms with E-state index in [0.717, 1.165) is 19.4 Å². The number of nitrogens with zero attached hydrogens (tertiary/aromatic N) is 1.